The van der Waals surface area contributed by atoms with E-state index in [2.05, 4.69) is 0 Å². The Hall–Kier alpha value is -5.64. The highest BCUT2D eigenvalue weighted by Gasteiger charge is 2.25. The van der Waals surface area contributed by atoms with Gasteiger partial charge in [-0.25, -0.2) is 0 Å². The molecule has 214 valence electrons. The fraction of sp³-hybridized carbons (Fsp3) is 0.125. The van der Waals surface area contributed by atoms with Crippen molar-refractivity contribution in [1.29, 1.82) is 0 Å². The van der Waals surface area contributed by atoms with Gasteiger partial charge in [0.1, 0.15) is 11.5 Å². The Balaban J connectivity index is 1.56. The molecule has 0 saturated heterocycles. The smallest absolute Gasteiger partial charge is 0.237 e. The molecule has 2 N–H and O–H groups in total. The van der Waals surface area contributed by atoms with Crippen LogP contribution in [0.3, 0.4) is 0 Å². The molecule has 42 heavy (non-hydrogen) atoms. The first-order valence-corrected chi connectivity index (χ1v) is 12.4. The minimum Gasteiger partial charge on any atom is -0.507 e. The molecule has 0 atom stereocenters. The van der Waals surface area contributed by atoms with Crippen molar-refractivity contribution in [3.63, 3.8) is 0 Å². The van der Waals surface area contributed by atoms with Crippen LogP contribution in [0.2, 0.25) is 0 Å². The van der Waals surface area contributed by atoms with E-state index in [1.807, 2.05) is 0 Å². The summed E-state index contributed by atoms with van der Waals surface area (Å²) in [5.74, 6) is -3.23. The van der Waals surface area contributed by atoms with Gasteiger partial charge in [-0.2, -0.15) is 0 Å². The standard InChI is InChI=1S/C32H26O10/c1-39-25-11-7-19(15-27(25)41-3)29(35)31(37)21-9-5-17(13-23(21)33)18-6-10-22(24(34)14-18)32(38)30(36)20-8-12-26(40-2)28(16-20)42-4/h5-16,33-34H,1-4H3. The molecule has 0 heterocycles. The van der Waals surface area contributed by atoms with Crippen molar-refractivity contribution in [2.75, 3.05) is 28.4 Å². The first kappa shape index (κ1) is 29.3. The Morgan fingerprint density at radius 1 is 0.452 bits per heavy atom. The Kier molecular flexibility index (Phi) is 8.56. The van der Waals surface area contributed by atoms with Crippen LogP contribution in [0.15, 0.2) is 72.8 Å². The van der Waals surface area contributed by atoms with Gasteiger partial charge in [0.05, 0.1) is 39.6 Å². The van der Waals surface area contributed by atoms with Crippen molar-refractivity contribution in [3.8, 4) is 45.6 Å². The van der Waals surface area contributed by atoms with Crippen molar-refractivity contribution < 1.29 is 48.3 Å². The molecule has 0 aliphatic heterocycles. The number of methoxy groups -OCH3 is 4. The Morgan fingerprint density at radius 3 is 1.12 bits per heavy atom. The molecule has 0 saturated carbocycles. The lowest BCUT2D eigenvalue weighted by Gasteiger charge is -2.11. The average Bonchev–Trinajstić information content (AvgIpc) is 3.02. The normalized spacial score (nSPS) is 10.5. The van der Waals surface area contributed by atoms with Gasteiger partial charge in [0.25, 0.3) is 0 Å². The van der Waals surface area contributed by atoms with Crippen molar-refractivity contribution in [1.82, 2.24) is 0 Å². The number of phenolic OH excluding ortho intramolecular Hbond substituents is 2. The number of hydrogen-bond donors (Lipinski definition) is 2. The van der Waals surface area contributed by atoms with Crippen LogP contribution < -0.4 is 18.9 Å². The summed E-state index contributed by atoms with van der Waals surface area (Å²) in [4.78, 5) is 51.4. The first-order chi connectivity index (χ1) is 20.1. The van der Waals surface area contributed by atoms with Gasteiger partial charge in [0.2, 0.25) is 23.1 Å². The SMILES string of the molecule is COc1ccc(C(=O)C(=O)c2ccc(-c3ccc(C(=O)C(=O)c4ccc(OC)c(OC)c4)c(O)c3)cc2O)cc1OC. The minimum absolute atomic E-state index is 0.0499. The number of Topliss-reactive ketones (excluding diaryl/α,β-unsaturated/α-hetero) is 4. The second kappa shape index (κ2) is 12.3. The summed E-state index contributed by atoms with van der Waals surface area (Å²) >= 11 is 0. The number of ketones is 4. The van der Waals surface area contributed by atoms with Crippen molar-refractivity contribution in [2.45, 2.75) is 0 Å². The fourth-order valence-corrected chi connectivity index (χ4v) is 4.27. The number of hydrogen-bond acceptors (Lipinski definition) is 10. The van der Waals surface area contributed by atoms with Crippen LogP contribution >= 0.6 is 0 Å². The quantitative estimate of drug-likeness (QED) is 0.188. The van der Waals surface area contributed by atoms with E-state index in [1.54, 1.807) is 0 Å². The molecular formula is C32H26O10. The third kappa shape index (κ3) is 5.64. The van der Waals surface area contributed by atoms with Gasteiger partial charge >= 0.3 is 0 Å². The van der Waals surface area contributed by atoms with E-state index in [9.17, 15) is 29.4 Å². The van der Waals surface area contributed by atoms with Gasteiger partial charge in [0, 0.05) is 11.1 Å². The predicted molar refractivity (Wildman–Crippen MR) is 152 cm³/mol. The molecule has 0 aromatic heterocycles. The minimum atomic E-state index is -0.941. The third-order valence-electron chi connectivity index (χ3n) is 6.52. The number of ether oxygens (including phenoxy) is 4. The zero-order chi connectivity index (χ0) is 30.6. The van der Waals surface area contributed by atoms with Crippen LogP contribution in [0.4, 0.5) is 0 Å². The van der Waals surface area contributed by atoms with Gasteiger partial charge in [-0.05, 0) is 71.8 Å². The fourth-order valence-electron chi connectivity index (χ4n) is 4.27. The van der Waals surface area contributed by atoms with E-state index in [-0.39, 0.29) is 33.8 Å². The molecule has 10 heteroatoms. The van der Waals surface area contributed by atoms with Crippen LogP contribution in [0.25, 0.3) is 11.1 Å². The van der Waals surface area contributed by atoms with Gasteiger partial charge in [-0.3, -0.25) is 19.2 Å². The van der Waals surface area contributed by atoms with Crippen LogP contribution in [-0.2, 0) is 0 Å². The number of phenols is 2. The third-order valence-corrected chi connectivity index (χ3v) is 6.52. The Labute approximate surface area is 240 Å². The zero-order valence-electron chi connectivity index (χ0n) is 23.1. The van der Waals surface area contributed by atoms with Crippen LogP contribution in [0.1, 0.15) is 41.4 Å². The van der Waals surface area contributed by atoms with Gasteiger partial charge < -0.3 is 29.2 Å². The summed E-state index contributed by atoms with van der Waals surface area (Å²) in [5, 5.41) is 21.2. The van der Waals surface area contributed by atoms with E-state index >= 15 is 0 Å². The van der Waals surface area contributed by atoms with Crippen LogP contribution in [0, 0.1) is 0 Å². The second-order valence-corrected chi connectivity index (χ2v) is 8.92. The molecule has 0 amide bonds. The van der Waals surface area contributed by atoms with Crippen LogP contribution in [0.5, 0.6) is 34.5 Å². The lowest BCUT2D eigenvalue weighted by atomic mass is 9.95. The molecule has 0 fully saturated rings. The molecule has 0 spiro atoms. The number of aromatic hydroxyl groups is 2. The molecule has 0 aliphatic carbocycles. The summed E-state index contributed by atoms with van der Waals surface area (Å²) in [5.41, 5.74) is 0.402. The van der Waals surface area contributed by atoms with Gasteiger partial charge in [-0.1, -0.05) is 12.1 Å². The van der Waals surface area contributed by atoms with E-state index in [0.29, 0.717) is 22.6 Å². The second-order valence-electron chi connectivity index (χ2n) is 8.92. The maximum absolute atomic E-state index is 12.9. The Bertz CT molecular complexity index is 1590. The molecule has 0 unspecified atom stereocenters. The summed E-state index contributed by atoms with van der Waals surface area (Å²) in [6, 6.07) is 16.5. The molecular weight excluding hydrogens is 544 g/mol. The lowest BCUT2D eigenvalue weighted by Crippen LogP contribution is -2.15. The predicted octanol–water partition coefficient (Wildman–Crippen LogP) is 4.93. The Morgan fingerprint density at radius 2 is 0.810 bits per heavy atom. The number of benzene rings is 4. The van der Waals surface area contributed by atoms with Crippen molar-refractivity contribution in [2.24, 2.45) is 0 Å². The number of carbonyl (C=O) groups is 4. The lowest BCUT2D eigenvalue weighted by molar-refractivity contribution is 0.0815. The summed E-state index contributed by atoms with van der Waals surface area (Å²) in [6.07, 6.45) is 0. The molecule has 4 aromatic carbocycles. The maximum atomic E-state index is 12.9. The molecule has 0 aliphatic rings. The summed E-state index contributed by atoms with van der Waals surface area (Å²) in [7, 11) is 5.67. The average molecular weight is 571 g/mol. The molecule has 4 rings (SSSR count). The molecule has 0 radical (unpaired) electrons. The first-order valence-electron chi connectivity index (χ1n) is 12.4. The monoisotopic (exact) mass is 570 g/mol. The van der Waals surface area contributed by atoms with E-state index < -0.39 is 34.6 Å². The number of carbonyl (C=O) groups excluding carboxylic acids is 4. The highest BCUT2D eigenvalue weighted by atomic mass is 16.5. The van der Waals surface area contributed by atoms with Gasteiger partial charge in [0.15, 0.2) is 23.0 Å². The topological polar surface area (TPSA) is 146 Å². The summed E-state index contributed by atoms with van der Waals surface area (Å²) in [6.45, 7) is 0. The largest absolute Gasteiger partial charge is 0.507 e. The summed E-state index contributed by atoms with van der Waals surface area (Å²) < 4.78 is 20.6. The molecule has 10 nitrogen and oxygen atoms in total. The highest BCUT2D eigenvalue weighted by molar-refractivity contribution is 6.50. The maximum Gasteiger partial charge on any atom is 0.237 e. The highest BCUT2D eigenvalue weighted by Crippen LogP contribution is 2.33. The zero-order valence-corrected chi connectivity index (χ0v) is 23.1. The molecule has 4 aromatic rings. The van der Waals surface area contributed by atoms with Crippen LogP contribution in [-0.4, -0.2) is 61.8 Å². The number of rotatable bonds is 11. The molecule has 0 bridgehead atoms. The van der Waals surface area contributed by atoms with Gasteiger partial charge in [-0.15, -0.1) is 0 Å². The van der Waals surface area contributed by atoms with Crippen molar-refractivity contribution in [3.05, 3.63) is 95.1 Å². The van der Waals surface area contributed by atoms with Crippen molar-refractivity contribution >= 4 is 23.1 Å². The van der Waals surface area contributed by atoms with E-state index in [1.165, 1.54) is 101 Å². The van der Waals surface area contributed by atoms with E-state index in [4.69, 9.17) is 18.9 Å². The van der Waals surface area contributed by atoms with E-state index in [0.717, 1.165) is 0 Å².